The Labute approximate surface area is 225 Å². The molecule has 0 saturated carbocycles. The Morgan fingerprint density at radius 1 is 0.842 bits per heavy atom. The largest absolute Gasteiger partial charge is 0.283 e. The molecule has 194 valence electrons. The zero-order valence-corrected chi connectivity index (χ0v) is 22.5. The summed E-state index contributed by atoms with van der Waals surface area (Å²) in [4.78, 5) is 48.9. The minimum atomic E-state index is -0.220. The van der Waals surface area contributed by atoms with Gasteiger partial charge in [-0.2, -0.15) is 14.3 Å². The number of aromatic amines is 1. The Morgan fingerprint density at radius 3 is 2.13 bits per heavy atom. The van der Waals surface area contributed by atoms with Gasteiger partial charge in [-0.25, -0.2) is 24.9 Å². The highest BCUT2D eigenvalue weighted by Gasteiger charge is 2.15. The van der Waals surface area contributed by atoms with Gasteiger partial charge in [0.1, 0.15) is 10.8 Å². The lowest BCUT2D eigenvalue weighted by Crippen LogP contribution is -2.20. The fourth-order valence-corrected chi connectivity index (χ4v) is 3.93. The first-order valence-corrected chi connectivity index (χ1v) is 13.0. The molecule has 0 aromatic carbocycles. The molecule has 0 aliphatic heterocycles. The van der Waals surface area contributed by atoms with E-state index in [0.717, 1.165) is 0 Å². The smallest absolute Gasteiger partial charge is 0.272 e. The molecule has 0 atom stereocenters. The summed E-state index contributed by atoms with van der Waals surface area (Å²) in [5, 5.41) is 4.53. The molecule has 6 rings (SSSR count). The van der Waals surface area contributed by atoms with Crippen molar-refractivity contribution in [1.29, 1.82) is 0 Å². The maximum absolute atomic E-state index is 12.2. The lowest BCUT2D eigenvalue weighted by molar-refractivity contribution is 0.647. The summed E-state index contributed by atoms with van der Waals surface area (Å²) in [6.45, 7) is 4.00. The lowest BCUT2D eigenvalue weighted by atomic mass is 10.4. The van der Waals surface area contributed by atoms with Crippen LogP contribution in [0.2, 0.25) is 5.28 Å². The predicted molar refractivity (Wildman–Crippen MR) is 147 cm³/mol. The third kappa shape index (κ3) is 5.19. The molecule has 0 saturated heterocycles. The molecule has 6 heterocycles. The van der Waals surface area contributed by atoms with Crippen molar-refractivity contribution in [3.05, 3.63) is 87.2 Å². The summed E-state index contributed by atoms with van der Waals surface area (Å²) >= 11 is 7.16. The number of thioether (sulfide) groups is 1. The van der Waals surface area contributed by atoms with Crippen molar-refractivity contribution in [3.8, 4) is 11.6 Å². The zero-order valence-electron chi connectivity index (χ0n) is 20.9. The Hall–Kier alpha value is -4.36. The number of aryl methyl sites for hydroxylation is 1. The number of aromatic nitrogens is 10. The van der Waals surface area contributed by atoms with Crippen LogP contribution < -0.4 is 11.1 Å². The number of hydrogen-bond acceptors (Lipinski definition) is 9. The maximum atomic E-state index is 12.2. The van der Waals surface area contributed by atoms with Gasteiger partial charge in [-0.15, -0.1) is 0 Å². The zero-order chi connectivity index (χ0) is 27.2. The normalized spacial score (nSPS) is 10.6. The molecule has 0 aliphatic carbocycles. The second kappa shape index (κ2) is 11.8. The number of nitrogens with zero attached hydrogens (tertiary/aromatic N) is 9. The van der Waals surface area contributed by atoms with Gasteiger partial charge in [0.05, 0.1) is 0 Å². The SMILES string of the molecule is CC.CSc1ncc2c(=O)n(-c3ccccn3)[nH]c2n1.Cn1c2nc(Cl)ncc2c(=O)n1-c1ccccn1. The fourth-order valence-electron chi connectivity index (χ4n) is 3.46. The van der Waals surface area contributed by atoms with Gasteiger partial charge in [0.25, 0.3) is 11.1 Å². The van der Waals surface area contributed by atoms with E-state index in [1.165, 1.54) is 33.5 Å². The summed E-state index contributed by atoms with van der Waals surface area (Å²) in [7, 11) is 1.72. The Bertz CT molecular complexity index is 1800. The van der Waals surface area contributed by atoms with Crippen LogP contribution in [-0.2, 0) is 7.05 Å². The van der Waals surface area contributed by atoms with E-state index in [9.17, 15) is 9.59 Å². The number of fused-ring (bicyclic) bond motifs is 2. The first-order chi connectivity index (χ1) is 18.5. The Kier molecular flexibility index (Phi) is 8.28. The van der Waals surface area contributed by atoms with Crippen LogP contribution in [0.3, 0.4) is 0 Å². The fraction of sp³-hybridized carbons (Fsp3) is 0.167. The third-order valence-electron chi connectivity index (χ3n) is 5.11. The van der Waals surface area contributed by atoms with E-state index in [-0.39, 0.29) is 16.4 Å². The van der Waals surface area contributed by atoms with Crippen molar-refractivity contribution >= 4 is 45.4 Å². The number of rotatable bonds is 3. The maximum Gasteiger partial charge on any atom is 0.283 e. The van der Waals surface area contributed by atoms with Crippen LogP contribution in [0.25, 0.3) is 33.7 Å². The summed E-state index contributed by atoms with van der Waals surface area (Å²) in [5.41, 5.74) is 0.579. The summed E-state index contributed by atoms with van der Waals surface area (Å²) < 4.78 is 4.40. The van der Waals surface area contributed by atoms with Gasteiger partial charge in [0.15, 0.2) is 28.1 Å². The molecule has 38 heavy (non-hydrogen) atoms. The average molecular weight is 551 g/mol. The van der Waals surface area contributed by atoms with E-state index in [2.05, 4.69) is 35.0 Å². The van der Waals surface area contributed by atoms with Gasteiger partial charge < -0.3 is 0 Å². The molecular weight excluding hydrogens is 528 g/mol. The minimum Gasteiger partial charge on any atom is -0.272 e. The van der Waals surface area contributed by atoms with Crippen LogP contribution in [0.4, 0.5) is 0 Å². The van der Waals surface area contributed by atoms with E-state index >= 15 is 0 Å². The highest BCUT2D eigenvalue weighted by Crippen LogP contribution is 2.13. The molecule has 0 aliphatic rings. The summed E-state index contributed by atoms with van der Waals surface area (Å²) in [6, 6.07) is 10.7. The molecule has 0 amide bonds. The van der Waals surface area contributed by atoms with Gasteiger partial charge in [-0.05, 0) is 42.1 Å². The standard InChI is InChI=1S/C11H8ClN5O.C11H9N5OS.C2H6/c1-16-9-7(6-14-11(12)15-9)10(18)17(16)8-4-2-3-5-13-8;1-18-11-13-6-7-9(14-11)15-16(10(7)17)8-4-2-3-5-12-8;1-2/h2-6H,1H3;2-6H,1H3,(H,13,14,15);1-2H3. The minimum absolute atomic E-state index is 0.108. The van der Waals surface area contributed by atoms with Crippen LogP contribution in [0.15, 0.2) is 75.9 Å². The highest BCUT2D eigenvalue weighted by atomic mass is 35.5. The summed E-state index contributed by atoms with van der Waals surface area (Å²) in [6.07, 6.45) is 8.10. The van der Waals surface area contributed by atoms with Crippen molar-refractivity contribution < 1.29 is 0 Å². The molecule has 6 aromatic heterocycles. The van der Waals surface area contributed by atoms with Gasteiger partial charge in [0, 0.05) is 31.8 Å². The molecule has 6 aromatic rings. The van der Waals surface area contributed by atoms with E-state index in [1.54, 1.807) is 48.4 Å². The van der Waals surface area contributed by atoms with E-state index in [1.807, 2.05) is 32.2 Å². The van der Waals surface area contributed by atoms with Gasteiger partial charge in [-0.3, -0.25) is 19.4 Å². The molecule has 0 bridgehead atoms. The van der Waals surface area contributed by atoms with Crippen molar-refractivity contribution in [2.45, 2.75) is 19.0 Å². The van der Waals surface area contributed by atoms with Crippen LogP contribution in [-0.4, -0.2) is 55.3 Å². The Morgan fingerprint density at radius 2 is 1.50 bits per heavy atom. The molecule has 12 nitrogen and oxygen atoms in total. The Balaban J connectivity index is 0.000000166. The first kappa shape index (κ1) is 26.7. The van der Waals surface area contributed by atoms with Crippen molar-refractivity contribution in [2.75, 3.05) is 6.26 Å². The molecule has 0 fully saturated rings. The lowest BCUT2D eigenvalue weighted by Gasteiger charge is -2.04. The second-order valence-corrected chi connectivity index (χ2v) is 8.38. The van der Waals surface area contributed by atoms with Crippen LogP contribution in [0.1, 0.15) is 13.8 Å². The van der Waals surface area contributed by atoms with Crippen molar-refractivity contribution in [2.24, 2.45) is 7.05 Å². The van der Waals surface area contributed by atoms with Crippen LogP contribution in [0, 0.1) is 0 Å². The number of pyridine rings is 2. The highest BCUT2D eigenvalue weighted by molar-refractivity contribution is 7.98. The second-order valence-electron chi connectivity index (χ2n) is 7.26. The average Bonchev–Trinajstić information content (AvgIpc) is 3.43. The van der Waals surface area contributed by atoms with Crippen molar-refractivity contribution in [3.63, 3.8) is 0 Å². The third-order valence-corrected chi connectivity index (χ3v) is 5.86. The first-order valence-electron chi connectivity index (χ1n) is 11.4. The monoisotopic (exact) mass is 550 g/mol. The quantitative estimate of drug-likeness (QED) is 0.259. The molecular formula is C24H23ClN10O2S. The van der Waals surface area contributed by atoms with E-state index in [0.29, 0.717) is 38.9 Å². The number of nitrogens with one attached hydrogen (secondary N) is 1. The van der Waals surface area contributed by atoms with Gasteiger partial charge in [0.2, 0.25) is 5.28 Å². The molecule has 0 spiro atoms. The van der Waals surface area contributed by atoms with Crippen LogP contribution >= 0.6 is 23.4 Å². The predicted octanol–water partition coefficient (Wildman–Crippen LogP) is 3.42. The van der Waals surface area contributed by atoms with Gasteiger partial charge in [-0.1, -0.05) is 37.7 Å². The molecule has 14 heteroatoms. The summed E-state index contributed by atoms with van der Waals surface area (Å²) in [5.74, 6) is 1.06. The molecule has 1 N–H and O–H groups in total. The molecule has 0 unspecified atom stereocenters. The number of H-pyrrole nitrogens is 1. The van der Waals surface area contributed by atoms with Crippen molar-refractivity contribution in [1.82, 2.24) is 49.0 Å². The van der Waals surface area contributed by atoms with E-state index in [4.69, 9.17) is 11.6 Å². The molecule has 0 radical (unpaired) electrons. The number of hydrogen-bond donors (Lipinski definition) is 1. The topological polar surface area (TPSA) is 142 Å². The van der Waals surface area contributed by atoms with Gasteiger partial charge >= 0.3 is 0 Å². The van der Waals surface area contributed by atoms with E-state index < -0.39 is 0 Å². The van der Waals surface area contributed by atoms with Crippen LogP contribution in [0.5, 0.6) is 0 Å². The number of halogens is 1.